The topological polar surface area (TPSA) is 0 Å². The fourth-order valence-corrected chi connectivity index (χ4v) is 1.47. The average Bonchev–Trinajstić information content (AvgIpc) is 2.18. The first-order valence-electron chi connectivity index (χ1n) is 4.53. The third kappa shape index (κ3) is 2.84. The van der Waals surface area contributed by atoms with E-state index in [0.717, 1.165) is 5.92 Å². The predicted molar refractivity (Wildman–Crippen MR) is 49.1 cm³/mol. The molecule has 5 radical (unpaired) electrons. The molecule has 0 aromatic rings. The molecule has 1 rings (SSSR count). The Bertz CT molecular complexity index is 96.2. The van der Waals surface area contributed by atoms with E-state index in [1.165, 1.54) is 19.3 Å². The summed E-state index contributed by atoms with van der Waals surface area (Å²) in [5.74, 6) is 2.36. The summed E-state index contributed by atoms with van der Waals surface area (Å²) in [7, 11) is 0. The van der Waals surface area contributed by atoms with Crippen molar-refractivity contribution in [2.75, 3.05) is 0 Å². The van der Waals surface area contributed by atoms with Crippen molar-refractivity contribution in [3.63, 3.8) is 0 Å². The quantitative estimate of drug-likeness (QED) is 0.529. The summed E-state index contributed by atoms with van der Waals surface area (Å²) >= 11 is 0. The molecule has 0 N–H and O–H groups in total. The normalized spacial score (nSPS) is 28.4. The van der Waals surface area contributed by atoms with E-state index in [2.05, 4.69) is 39.5 Å². The van der Waals surface area contributed by atoms with Crippen molar-refractivity contribution in [3.05, 3.63) is 31.6 Å². The molecule has 1 saturated carbocycles. The first kappa shape index (κ1) is 9.09. The minimum atomic E-state index is 0.755. The second-order valence-electron chi connectivity index (χ2n) is 3.25. The zero-order valence-corrected chi connectivity index (χ0v) is 7.51. The highest BCUT2D eigenvalue weighted by atomic mass is 14.2. The van der Waals surface area contributed by atoms with Crippen LogP contribution in [0.3, 0.4) is 0 Å². The Balaban J connectivity index is 2.32. The maximum Gasteiger partial charge on any atom is -0.0176 e. The minimum absolute atomic E-state index is 0.755. The maximum atomic E-state index is 2.31. The van der Waals surface area contributed by atoms with Crippen LogP contribution < -0.4 is 0 Å². The Kier molecular flexibility index (Phi) is 3.96. The highest BCUT2D eigenvalue weighted by Crippen LogP contribution is 2.31. The van der Waals surface area contributed by atoms with E-state index in [0.29, 0.717) is 0 Å². The number of hydrogen-bond donors (Lipinski definition) is 0. The van der Waals surface area contributed by atoms with E-state index in [4.69, 9.17) is 0 Å². The van der Waals surface area contributed by atoms with Gasteiger partial charge in [0.15, 0.2) is 0 Å². The molecule has 1 aliphatic carbocycles. The van der Waals surface area contributed by atoms with E-state index >= 15 is 0 Å². The van der Waals surface area contributed by atoms with E-state index in [-0.39, 0.29) is 0 Å². The van der Waals surface area contributed by atoms with Crippen molar-refractivity contribution in [3.8, 4) is 0 Å². The van der Waals surface area contributed by atoms with Crippen LogP contribution in [0.1, 0.15) is 33.1 Å². The highest BCUT2D eigenvalue weighted by Gasteiger charge is 2.19. The lowest BCUT2D eigenvalue weighted by Gasteiger charge is -2.18. The standard InChI is InChI=1S/C11H17/c1-3-7-11-9-6-4-5-8-10(11)2/h4-6,9-10H,3,7-8H2,1-2H3. The lowest BCUT2D eigenvalue weighted by Crippen LogP contribution is -2.07. The third-order valence-corrected chi connectivity index (χ3v) is 2.22. The largest absolute Gasteiger partial charge is 0.0654 e. The molecule has 0 spiro atoms. The highest BCUT2D eigenvalue weighted by molar-refractivity contribution is 5.22. The summed E-state index contributed by atoms with van der Waals surface area (Å²) in [5, 5.41) is 0. The summed E-state index contributed by atoms with van der Waals surface area (Å²) in [5.41, 5.74) is 0. The van der Waals surface area contributed by atoms with Crippen molar-refractivity contribution in [1.82, 2.24) is 0 Å². The van der Waals surface area contributed by atoms with Crippen LogP contribution in [0.25, 0.3) is 0 Å². The van der Waals surface area contributed by atoms with Crippen molar-refractivity contribution in [2.24, 2.45) is 5.92 Å². The van der Waals surface area contributed by atoms with Gasteiger partial charge < -0.3 is 0 Å². The third-order valence-electron chi connectivity index (χ3n) is 2.22. The summed E-state index contributed by atoms with van der Waals surface area (Å²) < 4.78 is 0. The molecular weight excluding hydrogens is 132 g/mol. The molecular formula is C11H17. The lowest BCUT2D eigenvalue weighted by atomic mass is 9.86. The van der Waals surface area contributed by atoms with E-state index in [9.17, 15) is 0 Å². The fourth-order valence-electron chi connectivity index (χ4n) is 1.47. The van der Waals surface area contributed by atoms with Crippen LogP contribution in [0.4, 0.5) is 0 Å². The molecule has 1 aliphatic rings. The molecule has 0 bridgehead atoms. The van der Waals surface area contributed by atoms with Gasteiger partial charge in [-0.15, -0.1) is 0 Å². The average molecular weight is 149 g/mol. The van der Waals surface area contributed by atoms with Gasteiger partial charge in [-0.3, -0.25) is 0 Å². The van der Waals surface area contributed by atoms with Crippen LogP contribution in [-0.2, 0) is 0 Å². The Labute approximate surface area is 71.4 Å². The molecule has 1 atom stereocenters. The zero-order chi connectivity index (χ0) is 8.10. The molecule has 0 aromatic heterocycles. The van der Waals surface area contributed by atoms with Crippen molar-refractivity contribution >= 4 is 0 Å². The van der Waals surface area contributed by atoms with E-state index in [1.807, 2.05) is 0 Å². The van der Waals surface area contributed by atoms with Crippen molar-refractivity contribution < 1.29 is 0 Å². The molecule has 0 aromatic carbocycles. The first-order valence-corrected chi connectivity index (χ1v) is 4.53. The Morgan fingerprint density at radius 2 is 2.27 bits per heavy atom. The maximum absolute atomic E-state index is 2.31. The van der Waals surface area contributed by atoms with Gasteiger partial charge in [-0.25, -0.2) is 0 Å². The summed E-state index contributed by atoms with van der Waals surface area (Å²) in [6.07, 6.45) is 12.6. The molecule has 0 nitrogen and oxygen atoms in total. The first-order chi connectivity index (χ1) is 5.34. The molecule has 0 amide bonds. The van der Waals surface area contributed by atoms with Crippen LogP contribution >= 0.6 is 0 Å². The Morgan fingerprint density at radius 1 is 1.45 bits per heavy atom. The summed E-state index contributed by atoms with van der Waals surface area (Å²) in [4.78, 5) is 0. The van der Waals surface area contributed by atoms with Gasteiger partial charge in [-0.05, 0) is 50.4 Å². The number of hydrogen-bond acceptors (Lipinski definition) is 0. The van der Waals surface area contributed by atoms with Crippen LogP contribution in [0.15, 0.2) is 0 Å². The number of rotatable bonds is 2. The second-order valence-corrected chi connectivity index (χ2v) is 3.25. The van der Waals surface area contributed by atoms with Gasteiger partial charge in [0.05, 0.1) is 0 Å². The van der Waals surface area contributed by atoms with E-state index in [1.54, 1.807) is 5.92 Å². The van der Waals surface area contributed by atoms with Crippen LogP contribution in [-0.4, -0.2) is 0 Å². The molecule has 1 fully saturated rings. The second kappa shape index (κ2) is 4.79. The predicted octanol–water partition coefficient (Wildman–Crippen LogP) is 3.22. The summed E-state index contributed by atoms with van der Waals surface area (Å²) in [6, 6.07) is 0. The lowest BCUT2D eigenvalue weighted by molar-refractivity contribution is 0.568. The molecule has 0 heterocycles. The van der Waals surface area contributed by atoms with Gasteiger partial charge in [-0.2, -0.15) is 0 Å². The molecule has 0 saturated heterocycles. The van der Waals surface area contributed by atoms with Gasteiger partial charge in [0.1, 0.15) is 0 Å². The Hall–Kier alpha value is 0. The van der Waals surface area contributed by atoms with Gasteiger partial charge in [0.25, 0.3) is 0 Å². The SMILES string of the molecule is CCC[C]1[CH][CH][CH][CH]CC1C. The molecule has 1 unspecified atom stereocenters. The van der Waals surface area contributed by atoms with Crippen LogP contribution in [0.2, 0.25) is 0 Å². The molecule has 0 heteroatoms. The molecule has 11 heavy (non-hydrogen) atoms. The fraction of sp³-hybridized carbons (Fsp3) is 0.545. The van der Waals surface area contributed by atoms with Crippen LogP contribution in [0, 0.1) is 37.5 Å². The smallest absolute Gasteiger partial charge is 0.0176 e. The summed E-state index contributed by atoms with van der Waals surface area (Å²) in [6.45, 7) is 4.55. The van der Waals surface area contributed by atoms with Gasteiger partial charge in [-0.1, -0.05) is 20.3 Å². The monoisotopic (exact) mass is 149 g/mol. The van der Waals surface area contributed by atoms with Crippen molar-refractivity contribution in [2.45, 2.75) is 33.1 Å². The Morgan fingerprint density at radius 3 is 3.00 bits per heavy atom. The zero-order valence-electron chi connectivity index (χ0n) is 7.51. The molecule has 61 valence electrons. The van der Waals surface area contributed by atoms with Gasteiger partial charge in [0.2, 0.25) is 0 Å². The molecule has 0 aliphatic heterocycles. The minimum Gasteiger partial charge on any atom is -0.0654 e. The van der Waals surface area contributed by atoms with E-state index < -0.39 is 0 Å². The van der Waals surface area contributed by atoms with Crippen molar-refractivity contribution in [1.29, 1.82) is 0 Å². The van der Waals surface area contributed by atoms with Crippen LogP contribution in [0.5, 0.6) is 0 Å². The van der Waals surface area contributed by atoms with Gasteiger partial charge in [0, 0.05) is 0 Å². The van der Waals surface area contributed by atoms with Gasteiger partial charge >= 0.3 is 0 Å².